The fourth-order valence-corrected chi connectivity index (χ4v) is 3.10. The number of nitrogens with zero attached hydrogens (tertiary/aromatic N) is 1. The van der Waals surface area contributed by atoms with Gasteiger partial charge in [-0.3, -0.25) is 4.90 Å². The highest BCUT2D eigenvalue weighted by molar-refractivity contribution is 7.99. The molecule has 0 aromatic rings. The SMILES string of the molecule is CCOCCN1CCC[C@@H](SC)[C@H]1C. The molecule has 0 saturated carbocycles. The van der Waals surface area contributed by atoms with Gasteiger partial charge in [-0.25, -0.2) is 0 Å². The standard InChI is InChI=1S/C11H23NOS/c1-4-13-9-8-12-7-5-6-11(14-3)10(12)2/h10-11H,4-9H2,1-3H3/t10-,11-/m1/s1. The van der Waals surface area contributed by atoms with Crippen molar-refractivity contribution in [2.75, 3.05) is 32.6 Å². The van der Waals surface area contributed by atoms with Crippen LogP contribution >= 0.6 is 11.8 Å². The minimum atomic E-state index is 0.721. The molecule has 1 aliphatic rings. The van der Waals surface area contributed by atoms with E-state index in [1.807, 2.05) is 11.8 Å². The molecule has 0 amide bonds. The van der Waals surface area contributed by atoms with Crippen molar-refractivity contribution < 1.29 is 4.74 Å². The largest absolute Gasteiger partial charge is 0.380 e. The molecular weight excluding hydrogens is 194 g/mol. The number of hydrogen-bond acceptors (Lipinski definition) is 3. The fourth-order valence-electron chi connectivity index (χ4n) is 2.13. The molecule has 1 heterocycles. The zero-order chi connectivity index (χ0) is 10.4. The van der Waals surface area contributed by atoms with Gasteiger partial charge in [-0.1, -0.05) is 0 Å². The minimum absolute atomic E-state index is 0.721. The van der Waals surface area contributed by atoms with Crippen LogP contribution in [0.5, 0.6) is 0 Å². The summed E-state index contributed by atoms with van der Waals surface area (Å²) in [5.41, 5.74) is 0. The van der Waals surface area contributed by atoms with Crippen molar-refractivity contribution in [3.63, 3.8) is 0 Å². The highest BCUT2D eigenvalue weighted by atomic mass is 32.2. The van der Waals surface area contributed by atoms with E-state index < -0.39 is 0 Å². The maximum atomic E-state index is 5.40. The Morgan fingerprint density at radius 1 is 1.50 bits per heavy atom. The number of hydrogen-bond donors (Lipinski definition) is 0. The van der Waals surface area contributed by atoms with Crippen molar-refractivity contribution in [1.29, 1.82) is 0 Å². The van der Waals surface area contributed by atoms with Crippen LogP contribution in [-0.4, -0.2) is 48.8 Å². The van der Waals surface area contributed by atoms with Crippen LogP contribution in [0.2, 0.25) is 0 Å². The van der Waals surface area contributed by atoms with E-state index in [0.29, 0.717) is 0 Å². The first-order valence-corrected chi connectivity index (χ1v) is 6.93. The first kappa shape index (κ1) is 12.3. The Labute approximate surface area is 92.4 Å². The summed E-state index contributed by atoms with van der Waals surface area (Å²) >= 11 is 2.01. The van der Waals surface area contributed by atoms with Gasteiger partial charge in [0, 0.05) is 24.4 Å². The van der Waals surface area contributed by atoms with E-state index in [-0.39, 0.29) is 0 Å². The van der Waals surface area contributed by atoms with Gasteiger partial charge >= 0.3 is 0 Å². The van der Waals surface area contributed by atoms with Gasteiger partial charge in [0.25, 0.3) is 0 Å². The van der Waals surface area contributed by atoms with Crippen molar-refractivity contribution in [2.24, 2.45) is 0 Å². The number of thioether (sulfide) groups is 1. The Kier molecular flexibility index (Phi) is 5.90. The van der Waals surface area contributed by atoms with E-state index in [0.717, 1.165) is 31.1 Å². The molecule has 0 unspecified atom stereocenters. The van der Waals surface area contributed by atoms with Crippen LogP contribution in [0.3, 0.4) is 0 Å². The number of piperidine rings is 1. The minimum Gasteiger partial charge on any atom is -0.380 e. The normalized spacial score (nSPS) is 29.4. The van der Waals surface area contributed by atoms with Gasteiger partial charge in [-0.2, -0.15) is 11.8 Å². The molecule has 0 N–H and O–H groups in total. The molecule has 14 heavy (non-hydrogen) atoms. The fraction of sp³-hybridized carbons (Fsp3) is 1.00. The molecular formula is C11H23NOS. The Morgan fingerprint density at radius 2 is 2.29 bits per heavy atom. The van der Waals surface area contributed by atoms with E-state index >= 15 is 0 Å². The van der Waals surface area contributed by atoms with E-state index in [4.69, 9.17) is 4.74 Å². The van der Waals surface area contributed by atoms with E-state index in [2.05, 4.69) is 25.0 Å². The molecule has 0 bridgehead atoms. The molecule has 0 radical (unpaired) electrons. The molecule has 1 fully saturated rings. The third-order valence-electron chi connectivity index (χ3n) is 3.08. The molecule has 0 aromatic carbocycles. The van der Waals surface area contributed by atoms with Gasteiger partial charge in [0.15, 0.2) is 0 Å². The maximum Gasteiger partial charge on any atom is 0.0593 e. The highest BCUT2D eigenvalue weighted by Crippen LogP contribution is 2.25. The van der Waals surface area contributed by atoms with Gasteiger partial charge in [-0.05, 0) is 39.5 Å². The average molecular weight is 217 g/mol. The molecule has 0 aliphatic carbocycles. The second kappa shape index (κ2) is 6.70. The first-order valence-electron chi connectivity index (χ1n) is 5.64. The number of rotatable bonds is 5. The summed E-state index contributed by atoms with van der Waals surface area (Å²) in [6.07, 6.45) is 4.96. The van der Waals surface area contributed by atoms with Crippen molar-refractivity contribution >= 4 is 11.8 Å². The van der Waals surface area contributed by atoms with Crippen LogP contribution in [0, 0.1) is 0 Å². The molecule has 0 spiro atoms. The van der Waals surface area contributed by atoms with Crippen LogP contribution < -0.4 is 0 Å². The summed E-state index contributed by atoms with van der Waals surface area (Å²) in [6.45, 7) is 8.50. The Bertz CT molecular complexity index is 154. The lowest BCUT2D eigenvalue weighted by Gasteiger charge is -2.38. The molecule has 2 nitrogen and oxygen atoms in total. The van der Waals surface area contributed by atoms with Crippen LogP contribution in [0.4, 0.5) is 0 Å². The Balaban J connectivity index is 2.28. The average Bonchev–Trinajstić information content (AvgIpc) is 2.21. The van der Waals surface area contributed by atoms with Gasteiger partial charge in [0.05, 0.1) is 6.61 Å². The van der Waals surface area contributed by atoms with Gasteiger partial charge in [0.1, 0.15) is 0 Å². The van der Waals surface area contributed by atoms with Crippen LogP contribution in [0.15, 0.2) is 0 Å². The lowest BCUT2D eigenvalue weighted by Crippen LogP contribution is -2.46. The molecule has 0 aromatic heterocycles. The molecule has 2 atom stereocenters. The zero-order valence-electron chi connectivity index (χ0n) is 9.66. The number of ether oxygens (including phenoxy) is 1. The molecule has 1 aliphatic heterocycles. The van der Waals surface area contributed by atoms with Crippen molar-refractivity contribution in [3.05, 3.63) is 0 Å². The monoisotopic (exact) mass is 217 g/mol. The first-order chi connectivity index (χ1) is 6.79. The third kappa shape index (κ3) is 3.44. The summed E-state index contributed by atoms with van der Waals surface area (Å²) in [6, 6.07) is 0.721. The van der Waals surface area contributed by atoms with Crippen molar-refractivity contribution in [2.45, 2.75) is 38.0 Å². The van der Waals surface area contributed by atoms with E-state index in [9.17, 15) is 0 Å². The Hall–Kier alpha value is 0.270. The Morgan fingerprint density at radius 3 is 2.93 bits per heavy atom. The predicted octanol–water partition coefficient (Wildman–Crippen LogP) is 2.24. The van der Waals surface area contributed by atoms with E-state index in [1.54, 1.807) is 0 Å². The quantitative estimate of drug-likeness (QED) is 0.655. The maximum absolute atomic E-state index is 5.40. The van der Waals surface area contributed by atoms with Crippen LogP contribution in [0.1, 0.15) is 26.7 Å². The lowest BCUT2D eigenvalue weighted by atomic mass is 10.0. The van der Waals surface area contributed by atoms with Gasteiger partial charge < -0.3 is 4.74 Å². The summed E-state index contributed by atoms with van der Waals surface area (Å²) in [7, 11) is 0. The summed E-state index contributed by atoms with van der Waals surface area (Å²) in [5, 5.41) is 0.824. The smallest absolute Gasteiger partial charge is 0.0593 e. The molecule has 84 valence electrons. The topological polar surface area (TPSA) is 12.5 Å². The predicted molar refractivity (Wildman–Crippen MR) is 64.1 cm³/mol. The summed E-state index contributed by atoms with van der Waals surface area (Å²) in [4.78, 5) is 2.57. The summed E-state index contributed by atoms with van der Waals surface area (Å²) < 4.78 is 5.40. The molecule has 1 saturated heterocycles. The molecule has 1 rings (SSSR count). The van der Waals surface area contributed by atoms with Gasteiger partial charge in [-0.15, -0.1) is 0 Å². The second-order valence-electron chi connectivity index (χ2n) is 3.89. The van der Waals surface area contributed by atoms with Crippen molar-refractivity contribution in [3.8, 4) is 0 Å². The zero-order valence-corrected chi connectivity index (χ0v) is 10.5. The molecule has 3 heteroatoms. The van der Waals surface area contributed by atoms with Crippen LogP contribution in [-0.2, 0) is 4.74 Å². The lowest BCUT2D eigenvalue weighted by molar-refractivity contribution is 0.0850. The third-order valence-corrected chi connectivity index (χ3v) is 4.31. The van der Waals surface area contributed by atoms with Crippen molar-refractivity contribution in [1.82, 2.24) is 4.90 Å². The van der Waals surface area contributed by atoms with Gasteiger partial charge in [0.2, 0.25) is 0 Å². The number of likely N-dealkylation sites (tertiary alicyclic amines) is 1. The summed E-state index contributed by atoms with van der Waals surface area (Å²) in [5.74, 6) is 0. The second-order valence-corrected chi connectivity index (χ2v) is 4.97. The van der Waals surface area contributed by atoms with E-state index in [1.165, 1.54) is 19.4 Å². The highest BCUT2D eigenvalue weighted by Gasteiger charge is 2.26. The van der Waals surface area contributed by atoms with Crippen LogP contribution in [0.25, 0.3) is 0 Å².